The van der Waals surface area contributed by atoms with E-state index in [-0.39, 0.29) is 24.5 Å². The maximum atomic E-state index is 5.55. The largest absolute Gasteiger partial charge is 0.334 e. The van der Waals surface area contributed by atoms with Crippen molar-refractivity contribution < 1.29 is 4.52 Å². The van der Waals surface area contributed by atoms with Crippen molar-refractivity contribution in [3.63, 3.8) is 0 Å². The van der Waals surface area contributed by atoms with Crippen LogP contribution in [0.5, 0.6) is 0 Å². The van der Waals surface area contributed by atoms with Crippen LogP contribution >= 0.6 is 12.4 Å². The molecule has 1 N–H and O–H groups in total. The molecule has 9 heteroatoms. The van der Waals surface area contributed by atoms with Crippen molar-refractivity contribution in [1.82, 2.24) is 35.1 Å². The van der Waals surface area contributed by atoms with Gasteiger partial charge in [0, 0.05) is 31.1 Å². The number of aryl methyl sites for hydroxylation is 1. The summed E-state index contributed by atoms with van der Waals surface area (Å²) in [7, 11) is 2.08. The second-order valence-electron chi connectivity index (χ2n) is 6.88. The summed E-state index contributed by atoms with van der Waals surface area (Å²) >= 11 is 0. The fraction of sp³-hybridized carbons (Fsp3) is 0.529. The van der Waals surface area contributed by atoms with Gasteiger partial charge in [-0.3, -0.25) is 4.90 Å². The van der Waals surface area contributed by atoms with Gasteiger partial charge in [-0.1, -0.05) is 5.16 Å². The highest BCUT2D eigenvalue weighted by atomic mass is 35.5. The van der Waals surface area contributed by atoms with Crippen LogP contribution in [0.2, 0.25) is 0 Å². The molecule has 0 aromatic carbocycles. The molecular weight excluding hydrogens is 354 g/mol. The molecular formula is C17H24ClN7O. The van der Waals surface area contributed by atoms with Crippen molar-refractivity contribution >= 4 is 23.4 Å². The zero-order valence-electron chi connectivity index (χ0n) is 15.4. The van der Waals surface area contributed by atoms with E-state index in [9.17, 15) is 0 Å². The number of nitrogens with one attached hydrogen (secondary N) is 1. The summed E-state index contributed by atoms with van der Waals surface area (Å²) in [5.74, 6) is 1.22. The Morgan fingerprint density at radius 3 is 2.85 bits per heavy atom. The molecule has 0 spiro atoms. The number of hydrogen-bond donors (Lipinski definition) is 1. The topological polar surface area (TPSA) is 84.9 Å². The fourth-order valence-electron chi connectivity index (χ4n) is 3.23. The molecule has 3 aromatic heterocycles. The van der Waals surface area contributed by atoms with Gasteiger partial charge in [0.15, 0.2) is 11.5 Å². The molecule has 8 nitrogen and oxygen atoms in total. The van der Waals surface area contributed by atoms with Crippen LogP contribution in [0.3, 0.4) is 0 Å². The Morgan fingerprint density at radius 1 is 1.31 bits per heavy atom. The van der Waals surface area contributed by atoms with Gasteiger partial charge >= 0.3 is 0 Å². The summed E-state index contributed by atoms with van der Waals surface area (Å²) in [4.78, 5) is 11.6. The highest BCUT2D eigenvalue weighted by Crippen LogP contribution is 2.28. The lowest BCUT2D eigenvalue weighted by Gasteiger charge is -2.30. The zero-order chi connectivity index (χ0) is 17.6. The molecule has 0 aliphatic carbocycles. The predicted molar refractivity (Wildman–Crippen MR) is 101 cm³/mol. The second-order valence-corrected chi connectivity index (χ2v) is 6.88. The summed E-state index contributed by atoms with van der Waals surface area (Å²) in [6, 6.07) is 2.43. The second kappa shape index (κ2) is 7.30. The summed E-state index contributed by atoms with van der Waals surface area (Å²) in [5.41, 5.74) is 2.61. The minimum Gasteiger partial charge on any atom is -0.334 e. The number of aromatic nitrogens is 5. The summed E-state index contributed by atoms with van der Waals surface area (Å²) in [6.07, 6.45) is 1.83. The Hall–Kier alpha value is -2.03. The average Bonchev–Trinajstić information content (AvgIpc) is 3.21. The molecule has 0 amide bonds. The van der Waals surface area contributed by atoms with Crippen LogP contribution in [0.1, 0.15) is 37.4 Å². The van der Waals surface area contributed by atoms with Gasteiger partial charge in [-0.15, -0.1) is 12.4 Å². The standard InChI is InChI=1S/C17H23N7O.ClH/c1-10(2)24-16-12(8-19-24)7-13(11(3)20-16)17-21-15(22-25-17)14-9-18-5-6-23(14)4;/h7-8,10,14,18H,5-6,9H2,1-4H3;1H. The Bertz CT molecular complexity index is 904. The van der Waals surface area contributed by atoms with E-state index in [1.807, 2.05) is 23.9 Å². The lowest BCUT2D eigenvalue weighted by atomic mass is 10.1. The van der Waals surface area contributed by atoms with E-state index in [4.69, 9.17) is 9.51 Å². The molecule has 3 aromatic rings. The molecule has 1 aliphatic rings. The first-order valence-electron chi connectivity index (χ1n) is 8.64. The van der Waals surface area contributed by atoms with E-state index < -0.39 is 0 Å². The summed E-state index contributed by atoms with van der Waals surface area (Å²) in [6.45, 7) is 8.93. The Labute approximate surface area is 158 Å². The van der Waals surface area contributed by atoms with Crippen molar-refractivity contribution in [3.05, 3.63) is 23.8 Å². The van der Waals surface area contributed by atoms with Crippen molar-refractivity contribution in [2.75, 3.05) is 26.7 Å². The molecule has 1 atom stereocenters. The first kappa shape index (κ1) is 18.8. The first-order valence-corrected chi connectivity index (χ1v) is 8.64. The molecule has 0 bridgehead atoms. The van der Waals surface area contributed by atoms with E-state index in [2.05, 4.69) is 46.4 Å². The van der Waals surface area contributed by atoms with Crippen LogP contribution in [-0.4, -0.2) is 56.5 Å². The minimum atomic E-state index is 0. The van der Waals surface area contributed by atoms with E-state index in [0.717, 1.165) is 41.9 Å². The van der Waals surface area contributed by atoms with Gasteiger partial charge in [0.25, 0.3) is 5.89 Å². The number of piperazine rings is 1. The van der Waals surface area contributed by atoms with Gasteiger partial charge in [-0.2, -0.15) is 10.1 Å². The van der Waals surface area contributed by atoms with E-state index in [1.54, 1.807) is 0 Å². The molecule has 0 saturated carbocycles. The van der Waals surface area contributed by atoms with Crippen LogP contribution in [0.25, 0.3) is 22.5 Å². The summed E-state index contributed by atoms with van der Waals surface area (Å²) in [5, 5.41) is 13.0. The fourth-order valence-corrected chi connectivity index (χ4v) is 3.23. The van der Waals surface area contributed by atoms with E-state index >= 15 is 0 Å². The van der Waals surface area contributed by atoms with Gasteiger partial charge in [0.1, 0.15) is 0 Å². The van der Waals surface area contributed by atoms with Gasteiger partial charge in [-0.25, -0.2) is 9.67 Å². The molecule has 1 unspecified atom stereocenters. The molecule has 1 aliphatic heterocycles. The third kappa shape index (κ3) is 3.20. The third-order valence-electron chi connectivity index (χ3n) is 4.73. The molecule has 140 valence electrons. The Kier molecular flexibility index (Phi) is 5.27. The van der Waals surface area contributed by atoms with Gasteiger partial charge in [-0.05, 0) is 33.9 Å². The SMILES string of the molecule is Cc1nc2c(cnn2C(C)C)cc1-c1nc(C2CNCCN2C)no1.Cl. The lowest BCUT2D eigenvalue weighted by molar-refractivity contribution is 0.190. The van der Waals surface area contributed by atoms with Crippen molar-refractivity contribution in [1.29, 1.82) is 0 Å². The average molecular weight is 378 g/mol. The molecule has 1 fully saturated rings. The van der Waals surface area contributed by atoms with Crippen LogP contribution in [0.15, 0.2) is 16.8 Å². The molecule has 4 rings (SSSR count). The number of nitrogens with zero attached hydrogens (tertiary/aromatic N) is 6. The predicted octanol–water partition coefficient (Wildman–Crippen LogP) is 2.37. The zero-order valence-corrected chi connectivity index (χ0v) is 16.2. The van der Waals surface area contributed by atoms with Crippen LogP contribution in [-0.2, 0) is 0 Å². The lowest BCUT2D eigenvalue weighted by Crippen LogP contribution is -2.44. The highest BCUT2D eigenvalue weighted by Gasteiger charge is 2.26. The van der Waals surface area contributed by atoms with Gasteiger partial charge < -0.3 is 9.84 Å². The van der Waals surface area contributed by atoms with Crippen molar-refractivity contribution in [2.24, 2.45) is 0 Å². The van der Waals surface area contributed by atoms with E-state index in [0.29, 0.717) is 11.7 Å². The van der Waals surface area contributed by atoms with Crippen LogP contribution < -0.4 is 5.32 Å². The quantitative estimate of drug-likeness (QED) is 0.749. The van der Waals surface area contributed by atoms with Gasteiger partial charge in [0.2, 0.25) is 0 Å². The van der Waals surface area contributed by atoms with Crippen molar-refractivity contribution in [3.8, 4) is 11.5 Å². The maximum absolute atomic E-state index is 5.55. The highest BCUT2D eigenvalue weighted by molar-refractivity contribution is 5.85. The Balaban J connectivity index is 0.00000196. The summed E-state index contributed by atoms with van der Waals surface area (Å²) < 4.78 is 7.48. The van der Waals surface area contributed by atoms with Crippen LogP contribution in [0.4, 0.5) is 0 Å². The number of fused-ring (bicyclic) bond motifs is 1. The minimum absolute atomic E-state index is 0. The maximum Gasteiger partial charge on any atom is 0.259 e. The monoisotopic (exact) mass is 377 g/mol. The molecule has 26 heavy (non-hydrogen) atoms. The first-order chi connectivity index (χ1) is 12.0. The Morgan fingerprint density at radius 2 is 2.12 bits per heavy atom. The number of halogens is 1. The van der Waals surface area contributed by atoms with E-state index in [1.165, 1.54) is 0 Å². The molecule has 4 heterocycles. The van der Waals surface area contributed by atoms with Gasteiger partial charge in [0.05, 0.1) is 23.5 Å². The van der Waals surface area contributed by atoms with Crippen LogP contribution in [0, 0.1) is 6.92 Å². The smallest absolute Gasteiger partial charge is 0.259 e. The normalized spacial score (nSPS) is 18.4. The number of rotatable bonds is 3. The number of likely N-dealkylation sites (N-methyl/N-ethyl adjacent to an activating group) is 1. The molecule has 0 radical (unpaired) electrons. The third-order valence-corrected chi connectivity index (χ3v) is 4.73. The van der Waals surface area contributed by atoms with Crippen molar-refractivity contribution in [2.45, 2.75) is 32.9 Å². The number of pyridine rings is 1. The molecule has 1 saturated heterocycles. The number of hydrogen-bond acceptors (Lipinski definition) is 7.